The molecule has 0 amide bonds. The van der Waals surface area contributed by atoms with Gasteiger partial charge >= 0.3 is 5.97 Å². The molecule has 1 atom stereocenters. The van der Waals surface area contributed by atoms with Crippen molar-refractivity contribution < 1.29 is 9.53 Å². The molecule has 0 bridgehead atoms. The summed E-state index contributed by atoms with van der Waals surface area (Å²) in [6, 6.07) is 0. The second-order valence-corrected chi connectivity index (χ2v) is 4.44. The molecule has 0 aliphatic rings. The molecular formula is C19H24O2. The van der Waals surface area contributed by atoms with Crippen molar-refractivity contribution in [3.8, 4) is 23.7 Å². The van der Waals surface area contributed by atoms with Gasteiger partial charge in [-0.25, -0.2) is 0 Å². The molecule has 0 aliphatic carbocycles. The summed E-state index contributed by atoms with van der Waals surface area (Å²) in [5.74, 6) is 10.7. The van der Waals surface area contributed by atoms with Crippen molar-refractivity contribution in [2.24, 2.45) is 0 Å². The van der Waals surface area contributed by atoms with Crippen molar-refractivity contribution in [3.63, 3.8) is 0 Å². The van der Waals surface area contributed by atoms with E-state index in [2.05, 4.69) is 49.0 Å². The van der Waals surface area contributed by atoms with Gasteiger partial charge < -0.3 is 4.74 Å². The van der Waals surface area contributed by atoms with Crippen molar-refractivity contribution in [1.29, 1.82) is 0 Å². The first kappa shape index (κ1) is 18.8. The Morgan fingerprint density at radius 1 is 1.14 bits per heavy atom. The Morgan fingerprint density at radius 3 is 2.57 bits per heavy atom. The van der Waals surface area contributed by atoms with Gasteiger partial charge in [-0.3, -0.25) is 4.79 Å². The third-order valence-corrected chi connectivity index (χ3v) is 2.54. The van der Waals surface area contributed by atoms with E-state index < -0.39 is 6.10 Å². The number of carbonyl (C=O) groups excluding carboxylic acids is 1. The summed E-state index contributed by atoms with van der Waals surface area (Å²) in [5.41, 5.74) is 0. The van der Waals surface area contributed by atoms with Crippen molar-refractivity contribution in [2.45, 2.75) is 51.6 Å². The summed E-state index contributed by atoms with van der Waals surface area (Å²) < 4.78 is 4.88. The molecule has 0 aromatic carbocycles. The molecule has 0 saturated heterocycles. The Morgan fingerprint density at radius 2 is 1.90 bits per heavy atom. The summed E-state index contributed by atoms with van der Waals surface area (Å²) in [6.07, 6.45) is 13.6. The van der Waals surface area contributed by atoms with Gasteiger partial charge in [0, 0.05) is 13.3 Å². The Hall–Kier alpha value is -2.19. The highest BCUT2D eigenvalue weighted by atomic mass is 16.5. The third-order valence-electron chi connectivity index (χ3n) is 2.54. The summed E-state index contributed by atoms with van der Waals surface area (Å²) in [7, 11) is 0. The normalized spacial score (nSPS) is 10.7. The maximum absolute atomic E-state index is 10.7. The largest absolute Gasteiger partial charge is 0.445 e. The standard InChI is InChI=1S/C19H24O2/c1-4-6-7-8-9-10-11-12-13-14-15-16-17-19(5-2)21-18(3)20/h4-5,11-12,19H,1-2,6-10,13H2,3H3/b12-11-. The van der Waals surface area contributed by atoms with Gasteiger partial charge in [-0.15, -0.1) is 6.58 Å². The molecule has 0 aromatic rings. The average molecular weight is 284 g/mol. The van der Waals surface area contributed by atoms with E-state index in [4.69, 9.17) is 4.74 Å². The topological polar surface area (TPSA) is 26.3 Å². The van der Waals surface area contributed by atoms with Crippen molar-refractivity contribution >= 4 is 5.97 Å². The predicted octanol–water partition coefficient (Wildman–Crippen LogP) is 4.19. The summed E-state index contributed by atoms with van der Waals surface area (Å²) in [4.78, 5) is 10.7. The quantitative estimate of drug-likeness (QED) is 0.274. The second-order valence-electron chi connectivity index (χ2n) is 4.44. The van der Waals surface area contributed by atoms with Crippen LogP contribution in [-0.2, 0) is 9.53 Å². The molecule has 0 rings (SSSR count). The van der Waals surface area contributed by atoms with Gasteiger partial charge in [-0.05, 0) is 49.5 Å². The van der Waals surface area contributed by atoms with Crippen LogP contribution in [0.1, 0.15) is 45.4 Å². The van der Waals surface area contributed by atoms with E-state index in [0.717, 1.165) is 12.8 Å². The van der Waals surface area contributed by atoms with E-state index >= 15 is 0 Å². The minimum Gasteiger partial charge on any atom is -0.445 e. The first-order valence-electron chi connectivity index (χ1n) is 7.24. The lowest BCUT2D eigenvalue weighted by Gasteiger charge is -2.03. The van der Waals surface area contributed by atoms with E-state index in [1.54, 1.807) is 0 Å². The molecule has 112 valence electrons. The lowest BCUT2D eigenvalue weighted by Crippen LogP contribution is -2.10. The Bertz CT molecular complexity index is 463. The van der Waals surface area contributed by atoms with Crippen LogP contribution in [0.5, 0.6) is 0 Å². The highest BCUT2D eigenvalue weighted by molar-refractivity contribution is 5.66. The third kappa shape index (κ3) is 14.0. The molecule has 0 saturated carbocycles. The van der Waals surface area contributed by atoms with Crippen LogP contribution in [0.2, 0.25) is 0 Å². The van der Waals surface area contributed by atoms with Crippen LogP contribution in [0.25, 0.3) is 0 Å². The van der Waals surface area contributed by atoms with Gasteiger partial charge in [-0.2, -0.15) is 0 Å². The van der Waals surface area contributed by atoms with Crippen LogP contribution in [0.4, 0.5) is 0 Å². The van der Waals surface area contributed by atoms with Crippen molar-refractivity contribution in [2.75, 3.05) is 0 Å². The minimum absolute atomic E-state index is 0.377. The molecule has 2 nitrogen and oxygen atoms in total. The van der Waals surface area contributed by atoms with Crippen molar-refractivity contribution in [1.82, 2.24) is 0 Å². The zero-order valence-corrected chi connectivity index (χ0v) is 12.9. The number of unbranched alkanes of at least 4 members (excludes halogenated alkanes) is 4. The van der Waals surface area contributed by atoms with E-state index in [1.807, 2.05) is 6.08 Å². The van der Waals surface area contributed by atoms with Crippen LogP contribution >= 0.6 is 0 Å². The van der Waals surface area contributed by atoms with Gasteiger partial charge in [0.2, 0.25) is 0 Å². The Kier molecular flexibility index (Phi) is 12.7. The molecule has 0 fully saturated rings. The fourth-order valence-corrected chi connectivity index (χ4v) is 1.51. The van der Waals surface area contributed by atoms with Gasteiger partial charge in [-0.1, -0.05) is 37.1 Å². The van der Waals surface area contributed by atoms with Crippen LogP contribution in [0, 0.1) is 23.7 Å². The highest BCUT2D eigenvalue weighted by Crippen LogP contribution is 2.03. The molecule has 0 N–H and O–H groups in total. The molecule has 2 heteroatoms. The summed E-state index contributed by atoms with van der Waals surface area (Å²) in [6.45, 7) is 8.59. The van der Waals surface area contributed by atoms with Crippen LogP contribution in [-0.4, -0.2) is 12.1 Å². The van der Waals surface area contributed by atoms with Gasteiger partial charge in [0.25, 0.3) is 0 Å². The average Bonchev–Trinajstić information content (AvgIpc) is 2.46. The number of carbonyl (C=O) groups is 1. The maximum atomic E-state index is 10.7. The number of ether oxygens (including phenoxy) is 1. The monoisotopic (exact) mass is 284 g/mol. The fourth-order valence-electron chi connectivity index (χ4n) is 1.51. The lowest BCUT2D eigenvalue weighted by atomic mass is 10.1. The van der Waals surface area contributed by atoms with Gasteiger partial charge in [0.1, 0.15) is 0 Å². The van der Waals surface area contributed by atoms with Crippen LogP contribution < -0.4 is 0 Å². The zero-order chi connectivity index (χ0) is 15.8. The van der Waals surface area contributed by atoms with E-state index in [9.17, 15) is 4.79 Å². The van der Waals surface area contributed by atoms with Crippen molar-refractivity contribution in [3.05, 3.63) is 37.5 Å². The smallest absolute Gasteiger partial charge is 0.304 e. The second kappa shape index (κ2) is 14.2. The molecule has 0 radical (unpaired) electrons. The summed E-state index contributed by atoms with van der Waals surface area (Å²) in [5, 5.41) is 0. The molecule has 1 unspecified atom stereocenters. The van der Waals surface area contributed by atoms with Gasteiger partial charge in [0.05, 0.1) is 0 Å². The number of hydrogen-bond acceptors (Lipinski definition) is 2. The molecule has 0 spiro atoms. The van der Waals surface area contributed by atoms with E-state index in [-0.39, 0.29) is 5.97 Å². The van der Waals surface area contributed by atoms with Gasteiger partial charge in [0.15, 0.2) is 6.10 Å². The molecule has 0 heterocycles. The highest BCUT2D eigenvalue weighted by Gasteiger charge is 2.00. The SMILES string of the molecule is C=CCCCCC/C=C\CC#CC#CC(C=C)OC(C)=O. The Labute approximate surface area is 129 Å². The fraction of sp³-hybridized carbons (Fsp3) is 0.421. The van der Waals surface area contributed by atoms with Crippen LogP contribution in [0.3, 0.4) is 0 Å². The molecule has 0 aromatic heterocycles. The maximum Gasteiger partial charge on any atom is 0.304 e. The minimum atomic E-state index is -0.581. The molecule has 0 aliphatic heterocycles. The van der Waals surface area contributed by atoms with E-state index in [0.29, 0.717) is 6.42 Å². The summed E-state index contributed by atoms with van der Waals surface area (Å²) >= 11 is 0. The number of esters is 1. The van der Waals surface area contributed by atoms with Crippen LogP contribution in [0.15, 0.2) is 37.5 Å². The Balaban J connectivity index is 3.80. The lowest BCUT2D eigenvalue weighted by molar-refractivity contribution is -0.142. The number of hydrogen-bond donors (Lipinski definition) is 0. The first-order chi connectivity index (χ1) is 10.2. The first-order valence-corrected chi connectivity index (χ1v) is 7.24. The number of allylic oxidation sites excluding steroid dienone is 3. The number of rotatable bonds is 9. The van der Waals surface area contributed by atoms with E-state index in [1.165, 1.54) is 32.3 Å². The zero-order valence-electron chi connectivity index (χ0n) is 12.9. The molecule has 21 heavy (non-hydrogen) atoms. The molecular weight excluding hydrogens is 260 g/mol. The predicted molar refractivity (Wildman–Crippen MR) is 88.3 cm³/mol.